The Kier molecular flexibility index (Phi) is 26.9. The molecule has 0 aliphatic carbocycles. The van der Waals surface area contributed by atoms with Gasteiger partial charge in [-0.1, -0.05) is 18.6 Å². The molecule has 0 bridgehead atoms. The van der Waals surface area contributed by atoms with Gasteiger partial charge < -0.3 is 61.3 Å². The van der Waals surface area contributed by atoms with E-state index in [2.05, 4.69) is 21.3 Å². The maximum atomic E-state index is 13.1. The fourth-order valence-electron chi connectivity index (χ4n) is 4.82. The van der Waals surface area contributed by atoms with Crippen LogP contribution in [0.3, 0.4) is 0 Å². The van der Waals surface area contributed by atoms with Gasteiger partial charge in [0, 0.05) is 32.5 Å². The Morgan fingerprint density at radius 1 is 0.782 bits per heavy atom. The van der Waals surface area contributed by atoms with Crippen molar-refractivity contribution in [3.05, 3.63) is 29.8 Å². The number of benzene rings is 1. The fraction of sp³-hybridized carbons (Fsp3) is 0.667. The zero-order chi connectivity index (χ0) is 40.8. The van der Waals surface area contributed by atoms with Crippen LogP contribution >= 0.6 is 0 Å². The van der Waals surface area contributed by atoms with E-state index in [0.29, 0.717) is 39.3 Å². The van der Waals surface area contributed by atoms with Crippen molar-refractivity contribution in [3.8, 4) is 5.75 Å². The van der Waals surface area contributed by atoms with Gasteiger partial charge in [0.1, 0.15) is 30.8 Å². The highest BCUT2D eigenvalue weighted by molar-refractivity contribution is 5.94. The first-order valence-corrected chi connectivity index (χ1v) is 18.2. The average Bonchev–Trinajstić information content (AvgIpc) is 3.15. The molecule has 4 atom stereocenters. The van der Waals surface area contributed by atoms with Crippen LogP contribution < -0.4 is 32.7 Å². The summed E-state index contributed by atoms with van der Waals surface area (Å²) in [7, 11) is 1.58. The maximum Gasteiger partial charge on any atom is 0.246 e. The molecule has 0 saturated heterocycles. The van der Waals surface area contributed by atoms with Crippen LogP contribution in [0, 0.1) is 5.92 Å². The third kappa shape index (κ3) is 24.1. The van der Waals surface area contributed by atoms with Crippen molar-refractivity contribution in [2.24, 2.45) is 17.4 Å². The standard InChI is InChI=1S/C36H60N6O13/c1-25(42-36(50)29(37)19-26-6-8-28(44)9-7-26)31(45)20-27(32(46)21-41-30(22-43)35(38)49)5-3-4-10-39-33(47)23-54-17-15-52-12-11-40-34(48)24-55-18-16-53-14-13-51-2/h6-9,25,27,29-30,41,43-44H,3-5,10-24,37H2,1-2H3,(H2,38,49)(H,39,47)(H,40,48)(H,42,50)/t25-,27-,29+,30+/m1/s1. The number of amides is 4. The zero-order valence-corrected chi connectivity index (χ0v) is 31.9. The predicted octanol–water partition coefficient (Wildman–Crippen LogP) is -2.54. The van der Waals surface area contributed by atoms with Gasteiger partial charge in [-0.05, 0) is 43.9 Å². The van der Waals surface area contributed by atoms with Crippen LogP contribution in [-0.4, -0.2) is 156 Å². The first kappa shape index (κ1) is 48.9. The summed E-state index contributed by atoms with van der Waals surface area (Å²) >= 11 is 0. The molecule has 10 N–H and O–H groups in total. The summed E-state index contributed by atoms with van der Waals surface area (Å²) in [5.74, 6) is -3.52. The summed E-state index contributed by atoms with van der Waals surface area (Å²) in [6, 6.07) is 3.17. The van der Waals surface area contributed by atoms with Crippen molar-refractivity contribution in [2.45, 2.75) is 57.2 Å². The van der Waals surface area contributed by atoms with Gasteiger partial charge in [-0.25, -0.2) is 0 Å². The predicted molar refractivity (Wildman–Crippen MR) is 199 cm³/mol. The molecular weight excluding hydrogens is 724 g/mol. The molecule has 312 valence electrons. The lowest BCUT2D eigenvalue weighted by Gasteiger charge is -2.21. The Bertz CT molecular complexity index is 1290. The molecule has 1 aromatic carbocycles. The van der Waals surface area contributed by atoms with E-state index in [0.717, 1.165) is 5.56 Å². The van der Waals surface area contributed by atoms with Crippen LogP contribution in [0.1, 0.15) is 38.2 Å². The number of ether oxygens (including phenoxy) is 5. The minimum atomic E-state index is -1.14. The quantitative estimate of drug-likeness (QED) is 0.0334. The largest absolute Gasteiger partial charge is 0.508 e. The Morgan fingerprint density at radius 2 is 1.36 bits per heavy atom. The number of phenols is 1. The lowest BCUT2D eigenvalue weighted by atomic mass is 9.90. The molecule has 0 aromatic heterocycles. The summed E-state index contributed by atoms with van der Waals surface area (Å²) < 4.78 is 26.0. The average molecular weight is 785 g/mol. The summed E-state index contributed by atoms with van der Waals surface area (Å²) in [6.07, 6.45) is 1.19. The van der Waals surface area contributed by atoms with E-state index in [-0.39, 0.29) is 95.3 Å². The van der Waals surface area contributed by atoms with Crippen molar-refractivity contribution in [3.63, 3.8) is 0 Å². The van der Waals surface area contributed by atoms with Gasteiger partial charge in [0.05, 0.1) is 71.5 Å². The molecule has 1 rings (SSSR count). The van der Waals surface area contributed by atoms with Gasteiger partial charge in [-0.2, -0.15) is 0 Å². The molecule has 0 spiro atoms. The second kappa shape index (κ2) is 30.2. The van der Waals surface area contributed by atoms with E-state index >= 15 is 0 Å². The normalized spacial score (nSPS) is 13.3. The summed E-state index contributed by atoms with van der Waals surface area (Å²) in [4.78, 5) is 74.3. The number of unbranched alkanes of at least 4 members (excludes halogenated alkanes) is 1. The van der Waals surface area contributed by atoms with Crippen molar-refractivity contribution in [2.75, 3.05) is 92.8 Å². The molecule has 0 fully saturated rings. The van der Waals surface area contributed by atoms with Crippen LogP contribution in [0.5, 0.6) is 5.75 Å². The number of nitrogens with one attached hydrogen (secondary N) is 4. The maximum absolute atomic E-state index is 13.1. The van der Waals surface area contributed by atoms with Gasteiger partial charge in [0.2, 0.25) is 23.6 Å². The van der Waals surface area contributed by atoms with Crippen LogP contribution in [0.25, 0.3) is 0 Å². The van der Waals surface area contributed by atoms with Crippen molar-refractivity contribution in [1.82, 2.24) is 21.3 Å². The number of aliphatic hydroxyl groups excluding tert-OH is 1. The first-order valence-electron chi connectivity index (χ1n) is 18.2. The number of methoxy groups -OCH3 is 1. The van der Waals surface area contributed by atoms with Gasteiger partial charge in [-0.3, -0.25) is 34.1 Å². The van der Waals surface area contributed by atoms with E-state index in [1.807, 2.05) is 0 Å². The molecule has 19 nitrogen and oxygen atoms in total. The highest BCUT2D eigenvalue weighted by atomic mass is 16.5. The number of ketones is 2. The number of aliphatic hydroxyl groups is 1. The van der Waals surface area contributed by atoms with E-state index < -0.39 is 48.2 Å². The molecule has 0 heterocycles. The number of hydrogen-bond donors (Lipinski definition) is 8. The van der Waals surface area contributed by atoms with Crippen molar-refractivity contribution < 1.29 is 62.7 Å². The number of nitrogens with two attached hydrogens (primary N) is 2. The van der Waals surface area contributed by atoms with Gasteiger partial charge in [0.15, 0.2) is 5.78 Å². The topological polar surface area (TPSA) is 289 Å². The molecule has 0 aliphatic rings. The summed E-state index contributed by atoms with van der Waals surface area (Å²) in [6.45, 7) is 3.09. The van der Waals surface area contributed by atoms with E-state index in [9.17, 15) is 39.0 Å². The summed E-state index contributed by atoms with van der Waals surface area (Å²) in [5, 5.41) is 29.4. The Hall–Kier alpha value is -4.08. The van der Waals surface area contributed by atoms with E-state index in [4.69, 9.17) is 35.2 Å². The minimum Gasteiger partial charge on any atom is -0.508 e. The highest BCUT2D eigenvalue weighted by Gasteiger charge is 2.27. The zero-order valence-electron chi connectivity index (χ0n) is 31.9. The molecule has 4 amide bonds. The first-order chi connectivity index (χ1) is 26.4. The number of carbonyl (C=O) groups excluding carboxylic acids is 6. The number of carbonyl (C=O) groups is 6. The van der Waals surface area contributed by atoms with Crippen molar-refractivity contribution in [1.29, 1.82) is 0 Å². The smallest absolute Gasteiger partial charge is 0.246 e. The summed E-state index contributed by atoms with van der Waals surface area (Å²) in [5.41, 5.74) is 12.0. The number of rotatable bonds is 34. The SMILES string of the molecule is COCCOCCOCC(=O)NCCOCCOCC(=O)NCCCC[C@H](CC(=O)[C@@H](C)NC(=O)[C@@H](N)Cc1ccc(O)cc1)C(=O)CN[C@@H](CO)C(N)=O. The second-order valence-corrected chi connectivity index (χ2v) is 12.6. The third-order valence-electron chi connectivity index (χ3n) is 8.03. The van der Waals surface area contributed by atoms with E-state index in [1.165, 1.54) is 19.1 Å². The lowest BCUT2D eigenvalue weighted by Crippen LogP contribution is -2.49. The number of hydrogen-bond acceptors (Lipinski definition) is 15. The number of aromatic hydroxyl groups is 1. The van der Waals surface area contributed by atoms with Gasteiger partial charge >= 0.3 is 0 Å². The van der Waals surface area contributed by atoms with Crippen LogP contribution in [0.4, 0.5) is 0 Å². The minimum absolute atomic E-state index is 0.0761. The third-order valence-corrected chi connectivity index (χ3v) is 8.03. The number of phenolic OH excluding ortho intramolecular Hbond substituents is 1. The monoisotopic (exact) mass is 784 g/mol. The van der Waals surface area contributed by atoms with Crippen LogP contribution in [-0.2, 0) is 58.9 Å². The Balaban J connectivity index is 2.38. The van der Waals surface area contributed by atoms with Crippen molar-refractivity contribution >= 4 is 35.2 Å². The second-order valence-electron chi connectivity index (χ2n) is 12.6. The number of Topliss-reactive ketones (excluding diaryl/α,β-unsaturated/α-hetero) is 2. The highest BCUT2D eigenvalue weighted by Crippen LogP contribution is 2.16. The molecular formula is C36H60N6O13. The van der Waals surface area contributed by atoms with Gasteiger partial charge in [-0.15, -0.1) is 0 Å². The van der Waals surface area contributed by atoms with Crippen LogP contribution in [0.15, 0.2) is 24.3 Å². The van der Waals surface area contributed by atoms with Gasteiger partial charge in [0.25, 0.3) is 0 Å². The molecule has 1 aromatic rings. The molecule has 0 unspecified atom stereocenters. The molecule has 19 heteroatoms. The number of primary amides is 1. The molecule has 0 saturated carbocycles. The fourth-order valence-corrected chi connectivity index (χ4v) is 4.82. The Morgan fingerprint density at radius 3 is 1.96 bits per heavy atom. The van der Waals surface area contributed by atoms with E-state index in [1.54, 1.807) is 19.2 Å². The molecule has 0 radical (unpaired) electrons. The Labute approximate surface area is 321 Å². The molecule has 55 heavy (non-hydrogen) atoms. The lowest BCUT2D eigenvalue weighted by molar-refractivity contribution is -0.131. The van der Waals surface area contributed by atoms with Crippen LogP contribution in [0.2, 0.25) is 0 Å². The molecule has 0 aliphatic heterocycles.